The summed E-state index contributed by atoms with van der Waals surface area (Å²) >= 11 is 0. The zero-order valence-electron chi connectivity index (χ0n) is 11.8. The maximum Gasteiger partial charge on any atom is 0.373 e. The first-order valence-corrected chi connectivity index (χ1v) is 6.62. The van der Waals surface area contributed by atoms with Crippen LogP contribution in [0.1, 0.15) is 16.3 Å². The molecule has 0 bridgehead atoms. The number of carbonyl (C=O) groups excluding carboxylic acids is 1. The van der Waals surface area contributed by atoms with Crippen molar-refractivity contribution in [3.05, 3.63) is 66.0 Å². The molecule has 0 aliphatic carbocycles. The van der Waals surface area contributed by atoms with Crippen molar-refractivity contribution < 1.29 is 18.3 Å². The lowest BCUT2D eigenvalue weighted by Crippen LogP contribution is -2.00. The molecule has 0 fully saturated rings. The van der Waals surface area contributed by atoms with Crippen molar-refractivity contribution in [2.24, 2.45) is 0 Å². The van der Waals surface area contributed by atoms with Gasteiger partial charge < -0.3 is 9.15 Å². The monoisotopic (exact) mass is 300 g/mol. The predicted octanol–water partition coefficient (Wildman–Crippen LogP) is 3.12. The zero-order valence-corrected chi connectivity index (χ0v) is 11.8. The lowest BCUT2D eigenvalue weighted by atomic mass is 10.1. The van der Waals surface area contributed by atoms with Gasteiger partial charge in [0.25, 0.3) is 0 Å². The summed E-state index contributed by atoms with van der Waals surface area (Å²) in [6.07, 6.45) is 1.79. The fourth-order valence-corrected chi connectivity index (χ4v) is 2.06. The largest absolute Gasteiger partial charge is 0.463 e. The highest BCUT2D eigenvalue weighted by Crippen LogP contribution is 2.18. The van der Waals surface area contributed by atoms with Gasteiger partial charge in [-0.1, -0.05) is 0 Å². The van der Waals surface area contributed by atoms with Crippen molar-refractivity contribution in [3.8, 4) is 11.3 Å². The molecule has 0 aliphatic rings. The average Bonchev–Trinajstić information content (AvgIpc) is 3.17. The average molecular weight is 300 g/mol. The molecule has 112 valence electrons. The van der Waals surface area contributed by atoms with Gasteiger partial charge in [0.1, 0.15) is 11.6 Å². The number of hydrogen-bond donors (Lipinski definition) is 0. The number of nitrogens with zero attached hydrogens (tertiary/aromatic N) is 2. The molecule has 0 saturated heterocycles. The molecule has 2 aromatic heterocycles. The smallest absolute Gasteiger partial charge is 0.373 e. The SMILES string of the molecule is COC(=O)c1ccc(Cn2ccc(-c3ccc(F)cc3)n2)o1. The number of rotatable bonds is 4. The van der Waals surface area contributed by atoms with Crippen LogP contribution in [0, 0.1) is 5.82 Å². The van der Waals surface area contributed by atoms with Crippen LogP contribution >= 0.6 is 0 Å². The molecule has 1 aromatic carbocycles. The van der Waals surface area contributed by atoms with Gasteiger partial charge in [0, 0.05) is 11.8 Å². The van der Waals surface area contributed by atoms with Gasteiger partial charge in [0.2, 0.25) is 5.76 Å². The molecule has 0 saturated carbocycles. The summed E-state index contributed by atoms with van der Waals surface area (Å²) in [6, 6.07) is 11.2. The maximum atomic E-state index is 12.9. The molecule has 0 radical (unpaired) electrons. The highest BCUT2D eigenvalue weighted by molar-refractivity contribution is 5.86. The summed E-state index contributed by atoms with van der Waals surface area (Å²) in [7, 11) is 1.30. The molecule has 0 aliphatic heterocycles. The standard InChI is InChI=1S/C16H13FN2O3/c1-21-16(20)15-7-6-13(22-15)10-19-9-8-14(18-19)11-2-4-12(17)5-3-11/h2-9H,10H2,1H3. The summed E-state index contributed by atoms with van der Waals surface area (Å²) < 4.78 is 24.6. The highest BCUT2D eigenvalue weighted by atomic mass is 19.1. The number of hydrogen-bond acceptors (Lipinski definition) is 4. The molecular weight excluding hydrogens is 287 g/mol. The molecule has 3 rings (SSSR count). The van der Waals surface area contributed by atoms with Gasteiger partial charge in [-0.05, 0) is 42.5 Å². The first kappa shape index (κ1) is 14.1. The van der Waals surface area contributed by atoms with E-state index < -0.39 is 5.97 Å². The van der Waals surface area contributed by atoms with E-state index >= 15 is 0 Å². The van der Waals surface area contributed by atoms with Gasteiger partial charge >= 0.3 is 5.97 Å². The van der Waals surface area contributed by atoms with Crippen LogP contribution in [0.4, 0.5) is 4.39 Å². The van der Waals surface area contributed by atoms with Gasteiger partial charge in [-0.15, -0.1) is 0 Å². The molecular formula is C16H13FN2O3. The van der Waals surface area contributed by atoms with E-state index in [1.54, 1.807) is 35.1 Å². The summed E-state index contributed by atoms with van der Waals surface area (Å²) in [5.74, 6) is -0.0506. The van der Waals surface area contributed by atoms with Crippen molar-refractivity contribution in [1.29, 1.82) is 0 Å². The van der Waals surface area contributed by atoms with E-state index in [0.717, 1.165) is 11.3 Å². The van der Waals surface area contributed by atoms with Gasteiger partial charge in [0.15, 0.2) is 0 Å². The molecule has 3 aromatic rings. The number of halogens is 1. The molecule has 0 amide bonds. The Kier molecular flexibility index (Phi) is 3.74. The Hall–Kier alpha value is -2.89. The minimum absolute atomic E-state index is 0.156. The number of carbonyl (C=O) groups is 1. The first-order valence-electron chi connectivity index (χ1n) is 6.62. The third kappa shape index (κ3) is 2.90. The molecule has 5 nitrogen and oxygen atoms in total. The summed E-state index contributed by atoms with van der Waals surface area (Å²) in [4.78, 5) is 11.3. The number of methoxy groups -OCH3 is 1. The molecule has 0 spiro atoms. The van der Waals surface area contributed by atoms with Crippen LogP contribution in [0.5, 0.6) is 0 Å². The van der Waals surface area contributed by atoms with Crippen LogP contribution in [0.15, 0.2) is 53.1 Å². The molecule has 6 heteroatoms. The fraction of sp³-hybridized carbons (Fsp3) is 0.125. The van der Waals surface area contributed by atoms with E-state index in [9.17, 15) is 9.18 Å². The number of ether oxygens (including phenoxy) is 1. The molecule has 0 unspecified atom stereocenters. The Morgan fingerprint density at radius 1 is 1.23 bits per heavy atom. The Morgan fingerprint density at radius 3 is 2.73 bits per heavy atom. The summed E-state index contributed by atoms with van der Waals surface area (Å²) in [6.45, 7) is 0.387. The minimum atomic E-state index is -0.515. The Morgan fingerprint density at radius 2 is 2.00 bits per heavy atom. The number of aromatic nitrogens is 2. The van der Waals surface area contributed by atoms with Crippen LogP contribution in [0.25, 0.3) is 11.3 Å². The third-order valence-electron chi connectivity index (χ3n) is 3.15. The number of esters is 1. The van der Waals surface area contributed by atoms with Crippen molar-refractivity contribution >= 4 is 5.97 Å². The minimum Gasteiger partial charge on any atom is -0.463 e. The van der Waals surface area contributed by atoms with E-state index in [4.69, 9.17) is 4.42 Å². The van der Waals surface area contributed by atoms with Crippen LogP contribution < -0.4 is 0 Å². The third-order valence-corrected chi connectivity index (χ3v) is 3.15. The highest BCUT2D eigenvalue weighted by Gasteiger charge is 2.11. The molecule has 22 heavy (non-hydrogen) atoms. The van der Waals surface area contributed by atoms with E-state index in [2.05, 4.69) is 9.84 Å². The van der Waals surface area contributed by atoms with E-state index in [-0.39, 0.29) is 11.6 Å². The van der Waals surface area contributed by atoms with E-state index in [1.165, 1.54) is 19.2 Å². The Bertz CT molecular complexity index is 790. The number of furan rings is 1. The Balaban J connectivity index is 1.75. The second kappa shape index (κ2) is 5.85. The Labute approximate surface area is 125 Å². The van der Waals surface area contributed by atoms with Gasteiger partial charge in [-0.2, -0.15) is 5.10 Å². The van der Waals surface area contributed by atoms with Crippen molar-refractivity contribution in [2.75, 3.05) is 7.11 Å². The van der Waals surface area contributed by atoms with Crippen LogP contribution in [-0.2, 0) is 11.3 Å². The second-order valence-corrected chi connectivity index (χ2v) is 4.66. The van der Waals surface area contributed by atoms with Gasteiger partial charge in [-0.3, -0.25) is 4.68 Å². The van der Waals surface area contributed by atoms with Crippen LogP contribution in [0.2, 0.25) is 0 Å². The van der Waals surface area contributed by atoms with Crippen LogP contribution in [-0.4, -0.2) is 22.9 Å². The fourth-order valence-electron chi connectivity index (χ4n) is 2.06. The van der Waals surface area contributed by atoms with Gasteiger partial charge in [-0.25, -0.2) is 9.18 Å². The second-order valence-electron chi connectivity index (χ2n) is 4.66. The molecule has 0 atom stereocenters. The molecule has 2 heterocycles. The van der Waals surface area contributed by atoms with Crippen molar-refractivity contribution in [2.45, 2.75) is 6.54 Å². The number of benzene rings is 1. The molecule has 0 N–H and O–H groups in total. The van der Waals surface area contributed by atoms with Crippen molar-refractivity contribution in [3.63, 3.8) is 0 Å². The normalized spacial score (nSPS) is 10.6. The lowest BCUT2D eigenvalue weighted by Gasteiger charge is -1.99. The van der Waals surface area contributed by atoms with E-state index in [0.29, 0.717) is 12.3 Å². The lowest BCUT2D eigenvalue weighted by molar-refractivity contribution is 0.0563. The topological polar surface area (TPSA) is 57.3 Å². The first-order chi connectivity index (χ1) is 10.7. The van der Waals surface area contributed by atoms with Gasteiger partial charge in [0.05, 0.1) is 19.3 Å². The quantitative estimate of drug-likeness (QED) is 0.695. The maximum absolute atomic E-state index is 12.9. The van der Waals surface area contributed by atoms with Crippen molar-refractivity contribution in [1.82, 2.24) is 9.78 Å². The summed E-state index contributed by atoms with van der Waals surface area (Å²) in [5.41, 5.74) is 1.56. The predicted molar refractivity (Wildman–Crippen MR) is 76.8 cm³/mol. The van der Waals surface area contributed by atoms with Crippen LogP contribution in [0.3, 0.4) is 0 Å². The summed E-state index contributed by atoms with van der Waals surface area (Å²) in [5, 5.41) is 4.40. The van der Waals surface area contributed by atoms with E-state index in [1.807, 2.05) is 6.07 Å². The zero-order chi connectivity index (χ0) is 15.5.